The van der Waals surface area contributed by atoms with Crippen molar-refractivity contribution in [3.63, 3.8) is 0 Å². The molecule has 1 saturated heterocycles. The maximum atomic E-state index is 4.79. The van der Waals surface area contributed by atoms with Crippen LogP contribution in [-0.2, 0) is 0 Å². The molecule has 2 aromatic rings. The molecule has 1 aliphatic rings. The number of halogens is 1. The van der Waals surface area contributed by atoms with E-state index in [-0.39, 0.29) is 0 Å². The molecule has 1 fully saturated rings. The highest BCUT2D eigenvalue weighted by atomic mass is 79.9. The zero-order valence-corrected chi connectivity index (χ0v) is 13.4. The van der Waals surface area contributed by atoms with E-state index in [0.717, 1.165) is 22.6 Å². The molecule has 1 aromatic heterocycles. The van der Waals surface area contributed by atoms with Crippen LogP contribution in [0.1, 0.15) is 29.3 Å². The fourth-order valence-electron chi connectivity index (χ4n) is 2.62. The zero-order valence-electron chi connectivity index (χ0n) is 10.9. The number of rotatable bonds is 2. The van der Waals surface area contributed by atoms with Gasteiger partial charge in [-0.1, -0.05) is 34.1 Å². The first-order chi connectivity index (χ1) is 9.25. The summed E-state index contributed by atoms with van der Waals surface area (Å²) in [6.07, 6.45) is 2.47. The van der Waals surface area contributed by atoms with Crippen LogP contribution in [0.2, 0.25) is 0 Å². The van der Waals surface area contributed by atoms with Crippen LogP contribution in [-0.4, -0.2) is 18.1 Å². The van der Waals surface area contributed by atoms with Crippen molar-refractivity contribution in [3.05, 3.63) is 39.3 Å². The lowest BCUT2D eigenvalue weighted by Gasteiger charge is -2.21. The number of benzene rings is 1. The van der Waals surface area contributed by atoms with Crippen molar-refractivity contribution >= 4 is 27.3 Å². The second-order valence-corrected chi connectivity index (χ2v) is 6.86. The van der Waals surface area contributed by atoms with Gasteiger partial charge in [-0.05, 0) is 44.8 Å². The van der Waals surface area contributed by atoms with Gasteiger partial charge in [-0.15, -0.1) is 11.3 Å². The van der Waals surface area contributed by atoms with Gasteiger partial charge in [0.2, 0.25) is 0 Å². The Morgan fingerprint density at radius 2 is 2.00 bits per heavy atom. The first-order valence-electron chi connectivity index (χ1n) is 6.68. The van der Waals surface area contributed by atoms with E-state index in [4.69, 9.17) is 4.98 Å². The molecular formula is C15H17BrN2S. The van der Waals surface area contributed by atoms with Gasteiger partial charge in [0, 0.05) is 14.9 Å². The molecule has 0 radical (unpaired) electrons. The molecular weight excluding hydrogens is 320 g/mol. The minimum atomic E-state index is 0.690. The lowest BCUT2D eigenvalue weighted by molar-refractivity contribution is 0.463. The minimum absolute atomic E-state index is 0.690. The van der Waals surface area contributed by atoms with E-state index in [1.807, 2.05) is 17.4 Å². The molecule has 2 heterocycles. The van der Waals surface area contributed by atoms with Crippen molar-refractivity contribution in [3.8, 4) is 10.6 Å². The van der Waals surface area contributed by atoms with Crippen LogP contribution in [0.4, 0.5) is 0 Å². The quantitative estimate of drug-likeness (QED) is 0.881. The monoisotopic (exact) mass is 336 g/mol. The number of aromatic nitrogens is 1. The van der Waals surface area contributed by atoms with E-state index in [1.54, 1.807) is 0 Å². The van der Waals surface area contributed by atoms with E-state index < -0.39 is 0 Å². The van der Waals surface area contributed by atoms with Crippen LogP contribution < -0.4 is 5.32 Å². The average molecular weight is 337 g/mol. The largest absolute Gasteiger partial charge is 0.317 e. The summed E-state index contributed by atoms with van der Waals surface area (Å²) < 4.78 is 1.13. The molecule has 0 unspecified atom stereocenters. The van der Waals surface area contributed by atoms with Crippen LogP contribution in [0, 0.1) is 6.92 Å². The molecule has 100 valence electrons. The number of piperidine rings is 1. The molecule has 0 aliphatic carbocycles. The highest BCUT2D eigenvalue weighted by Gasteiger charge is 2.21. The van der Waals surface area contributed by atoms with Crippen LogP contribution in [0.3, 0.4) is 0 Å². The molecule has 1 aliphatic heterocycles. The van der Waals surface area contributed by atoms with Crippen LogP contribution in [0.25, 0.3) is 10.6 Å². The third kappa shape index (κ3) is 2.76. The summed E-state index contributed by atoms with van der Waals surface area (Å²) in [4.78, 5) is 6.26. The van der Waals surface area contributed by atoms with Gasteiger partial charge < -0.3 is 5.32 Å². The van der Waals surface area contributed by atoms with Gasteiger partial charge in [0.05, 0.1) is 5.69 Å². The summed E-state index contributed by atoms with van der Waals surface area (Å²) in [5.74, 6) is 0.690. The van der Waals surface area contributed by atoms with E-state index in [1.165, 1.54) is 29.0 Å². The van der Waals surface area contributed by atoms with Gasteiger partial charge in [0.1, 0.15) is 5.01 Å². The minimum Gasteiger partial charge on any atom is -0.317 e. The molecule has 2 nitrogen and oxygen atoms in total. The fourth-order valence-corrected chi connectivity index (χ4v) is 4.50. The molecule has 3 rings (SSSR count). The Balaban J connectivity index is 1.95. The van der Waals surface area contributed by atoms with Gasteiger partial charge in [-0.2, -0.15) is 0 Å². The molecule has 0 bridgehead atoms. The Labute approximate surface area is 126 Å². The molecule has 19 heavy (non-hydrogen) atoms. The van der Waals surface area contributed by atoms with Crippen LogP contribution in [0.15, 0.2) is 28.7 Å². The third-order valence-electron chi connectivity index (χ3n) is 3.65. The van der Waals surface area contributed by atoms with Crippen molar-refractivity contribution in [2.45, 2.75) is 25.7 Å². The van der Waals surface area contributed by atoms with Gasteiger partial charge in [-0.3, -0.25) is 0 Å². The molecule has 0 spiro atoms. The van der Waals surface area contributed by atoms with Crippen molar-refractivity contribution < 1.29 is 0 Å². The summed E-state index contributed by atoms with van der Waals surface area (Å²) in [6, 6.07) is 8.33. The van der Waals surface area contributed by atoms with Crippen molar-refractivity contribution in [1.82, 2.24) is 10.3 Å². The summed E-state index contributed by atoms with van der Waals surface area (Å²) in [5.41, 5.74) is 2.42. The Morgan fingerprint density at radius 3 is 2.74 bits per heavy atom. The third-order valence-corrected chi connectivity index (χ3v) is 5.69. The summed E-state index contributed by atoms with van der Waals surface area (Å²) in [5, 5.41) is 4.57. The SMILES string of the molecule is Cc1nc(-c2ccccc2Br)sc1C1CCNCC1. The number of aryl methyl sites for hydroxylation is 1. The fraction of sp³-hybridized carbons (Fsp3) is 0.400. The second-order valence-electron chi connectivity index (χ2n) is 4.97. The molecule has 1 N–H and O–H groups in total. The number of nitrogens with one attached hydrogen (secondary N) is 1. The highest BCUT2D eigenvalue weighted by molar-refractivity contribution is 9.10. The average Bonchev–Trinajstić information content (AvgIpc) is 2.82. The number of nitrogens with zero attached hydrogens (tertiary/aromatic N) is 1. The topological polar surface area (TPSA) is 24.9 Å². The van der Waals surface area contributed by atoms with Crippen molar-refractivity contribution in [1.29, 1.82) is 0 Å². The van der Waals surface area contributed by atoms with Gasteiger partial charge in [-0.25, -0.2) is 4.98 Å². The number of hydrogen-bond donors (Lipinski definition) is 1. The molecule has 0 atom stereocenters. The molecule has 0 saturated carbocycles. The number of thiazole rings is 1. The van der Waals surface area contributed by atoms with E-state index in [9.17, 15) is 0 Å². The summed E-state index contributed by atoms with van der Waals surface area (Å²) >= 11 is 5.48. The smallest absolute Gasteiger partial charge is 0.125 e. The molecule has 4 heteroatoms. The number of hydrogen-bond acceptors (Lipinski definition) is 3. The lowest BCUT2D eigenvalue weighted by Crippen LogP contribution is -2.26. The Hall–Kier alpha value is -0.710. The van der Waals surface area contributed by atoms with Crippen LogP contribution >= 0.6 is 27.3 Å². The van der Waals surface area contributed by atoms with Crippen LogP contribution in [0.5, 0.6) is 0 Å². The molecule has 0 amide bonds. The van der Waals surface area contributed by atoms with Crippen molar-refractivity contribution in [2.24, 2.45) is 0 Å². The second kappa shape index (κ2) is 5.73. The Morgan fingerprint density at radius 1 is 1.26 bits per heavy atom. The Bertz CT molecular complexity index is 573. The predicted octanol–water partition coefficient (Wildman–Crippen LogP) is 4.35. The highest BCUT2D eigenvalue weighted by Crippen LogP contribution is 2.38. The van der Waals surface area contributed by atoms with E-state index >= 15 is 0 Å². The zero-order chi connectivity index (χ0) is 13.2. The standard InChI is InChI=1S/C15H17BrN2S/c1-10-14(11-6-8-17-9-7-11)19-15(18-10)12-4-2-3-5-13(12)16/h2-5,11,17H,6-9H2,1H3. The van der Waals surface area contributed by atoms with E-state index in [2.05, 4.69) is 46.4 Å². The maximum Gasteiger partial charge on any atom is 0.125 e. The van der Waals surface area contributed by atoms with Gasteiger partial charge in [0.15, 0.2) is 0 Å². The van der Waals surface area contributed by atoms with Gasteiger partial charge >= 0.3 is 0 Å². The first kappa shape index (κ1) is 13.3. The normalized spacial score (nSPS) is 16.7. The Kier molecular flexibility index (Phi) is 4.01. The first-order valence-corrected chi connectivity index (χ1v) is 8.29. The van der Waals surface area contributed by atoms with Gasteiger partial charge in [0.25, 0.3) is 0 Å². The van der Waals surface area contributed by atoms with E-state index in [0.29, 0.717) is 5.92 Å². The van der Waals surface area contributed by atoms with Crippen molar-refractivity contribution in [2.75, 3.05) is 13.1 Å². The predicted molar refractivity (Wildman–Crippen MR) is 84.8 cm³/mol. The summed E-state index contributed by atoms with van der Waals surface area (Å²) in [6.45, 7) is 4.41. The lowest BCUT2D eigenvalue weighted by atomic mass is 9.96. The molecule has 1 aromatic carbocycles. The summed E-state index contributed by atoms with van der Waals surface area (Å²) in [7, 11) is 0. The maximum absolute atomic E-state index is 4.79.